The summed E-state index contributed by atoms with van der Waals surface area (Å²) in [4.78, 5) is 21.0. The van der Waals surface area contributed by atoms with Gasteiger partial charge in [-0.15, -0.1) is 0 Å². The van der Waals surface area contributed by atoms with Crippen LogP contribution in [-0.2, 0) is 11.3 Å². The van der Waals surface area contributed by atoms with Gasteiger partial charge in [0.2, 0.25) is 0 Å². The van der Waals surface area contributed by atoms with Crippen molar-refractivity contribution in [2.45, 2.75) is 25.8 Å². The molecule has 3 N–H and O–H groups in total. The van der Waals surface area contributed by atoms with Crippen molar-refractivity contribution in [2.24, 2.45) is 5.73 Å². The topological polar surface area (TPSA) is 97.2 Å². The van der Waals surface area contributed by atoms with Crippen LogP contribution in [0.4, 0.5) is 0 Å². The Labute approximate surface area is 92.7 Å². The summed E-state index contributed by atoms with van der Waals surface area (Å²) in [6, 6.07) is 1.59. The molecule has 1 aromatic rings. The summed E-state index contributed by atoms with van der Waals surface area (Å²) in [5.41, 5.74) is 5.43. The number of amides is 1. The van der Waals surface area contributed by atoms with Gasteiger partial charge in [0.25, 0.3) is 5.91 Å². The molecule has 16 heavy (non-hydrogen) atoms. The molecule has 6 heteroatoms. The number of aryl methyl sites for hydroxylation is 1. The molecule has 0 saturated heterocycles. The van der Waals surface area contributed by atoms with E-state index in [0.29, 0.717) is 18.5 Å². The number of carboxylic acids is 1. The minimum absolute atomic E-state index is 0.167. The van der Waals surface area contributed by atoms with Crippen LogP contribution in [0.25, 0.3) is 0 Å². The fraction of sp³-hybridized carbons (Fsp3) is 0.400. The van der Waals surface area contributed by atoms with E-state index in [1.807, 2.05) is 0 Å². The summed E-state index contributed by atoms with van der Waals surface area (Å²) in [5, 5.41) is 12.4. The third kappa shape index (κ3) is 4.04. The molecule has 0 radical (unpaired) electrons. The van der Waals surface area contributed by atoms with E-state index in [1.54, 1.807) is 16.9 Å². The molecule has 86 valence electrons. The maximum Gasteiger partial charge on any atom is 0.303 e. The van der Waals surface area contributed by atoms with Gasteiger partial charge in [-0.2, -0.15) is 0 Å². The largest absolute Gasteiger partial charge is 0.481 e. The molecule has 0 unspecified atom stereocenters. The Morgan fingerprint density at radius 3 is 2.69 bits per heavy atom. The molecule has 0 fully saturated rings. The number of nitrogens with zero attached hydrogens (tertiary/aromatic N) is 2. The van der Waals surface area contributed by atoms with Crippen LogP contribution >= 0.6 is 0 Å². The highest BCUT2D eigenvalue weighted by atomic mass is 16.4. The number of hydrogen-bond acceptors (Lipinski definition) is 3. The van der Waals surface area contributed by atoms with E-state index in [0.717, 1.165) is 6.42 Å². The number of rotatable bonds is 6. The molecule has 0 aromatic carbocycles. The number of carbonyl (C=O) groups excluding carboxylic acids is 1. The maximum absolute atomic E-state index is 10.8. The van der Waals surface area contributed by atoms with Gasteiger partial charge >= 0.3 is 5.97 Å². The Hall–Kier alpha value is -1.98. The average Bonchev–Trinajstić information content (AvgIpc) is 2.25. The molecule has 1 aromatic heterocycles. The molecule has 1 amide bonds. The van der Waals surface area contributed by atoms with E-state index in [9.17, 15) is 9.59 Å². The van der Waals surface area contributed by atoms with Gasteiger partial charge < -0.3 is 10.8 Å². The van der Waals surface area contributed by atoms with Gasteiger partial charge in [-0.25, -0.2) is 0 Å². The highest BCUT2D eigenvalue weighted by Crippen LogP contribution is 1.95. The zero-order valence-corrected chi connectivity index (χ0v) is 8.80. The molecule has 1 rings (SSSR count). The van der Waals surface area contributed by atoms with E-state index >= 15 is 0 Å². The van der Waals surface area contributed by atoms with Gasteiger partial charge in [-0.3, -0.25) is 9.59 Å². The average molecular weight is 224 g/mol. The van der Waals surface area contributed by atoms with E-state index < -0.39 is 11.9 Å². The minimum Gasteiger partial charge on any atom is -0.481 e. The van der Waals surface area contributed by atoms with Crippen LogP contribution < -0.4 is 10.4 Å². The predicted molar refractivity (Wildman–Crippen MR) is 54.4 cm³/mol. The fourth-order valence-electron chi connectivity index (χ4n) is 1.21. The zero-order chi connectivity index (χ0) is 12.0. The number of unbranched alkanes of at least 4 members (excludes halogenated alkanes) is 1. The number of hydrogen-bond donors (Lipinski definition) is 2. The van der Waals surface area contributed by atoms with Crippen LogP contribution in [0.1, 0.15) is 29.6 Å². The first-order valence-electron chi connectivity index (χ1n) is 4.97. The minimum atomic E-state index is -0.790. The first-order valence-corrected chi connectivity index (χ1v) is 4.97. The number of aromatic nitrogens is 2. The van der Waals surface area contributed by atoms with Crippen LogP contribution in [0.3, 0.4) is 0 Å². The van der Waals surface area contributed by atoms with Crippen molar-refractivity contribution in [1.82, 2.24) is 5.10 Å². The normalized spacial score (nSPS) is 10.0. The SMILES string of the molecule is NC(=O)c1cc[n+](CCCCC(=O)O)nc1. The standard InChI is InChI=1S/C10H13N3O3/c11-10(16)8-4-6-13(12-7-8)5-2-1-3-9(14)15/h4,6-7H,1-3,5H2,(H2-,11,14,15,16)/p+1. The second-order valence-corrected chi connectivity index (χ2v) is 3.39. The maximum atomic E-state index is 10.8. The van der Waals surface area contributed by atoms with Crippen molar-refractivity contribution >= 4 is 11.9 Å². The van der Waals surface area contributed by atoms with E-state index in [1.165, 1.54) is 6.20 Å². The molecule has 0 atom stereocenters. The molecule has 1 heterocycles. The van der Waals surface area contributed by atoms with Crippen LogP contribution in [0.5, 0.6) is 0 Å². The van der Waals surface area contributed by atoms with Gasteiger partial charge in [-0.1, -0.05) is 4.68 Å². The van der Waals surface area contributed by atoms with Gasteiger partial charge in [0.1, 0.15) is 6.20 Å². The second-order valence-electron chi connectivity index (χ2n) is 3.39. The summed E-state index contributed by atoms with van der Waals surface area (Å²) in [7, 11) is 0. The summed E-state index contributed by atoms with van der Waals surface area (Å²) < 4.78 is 1.65. The van der Waals surface area contributed by atoms with Crippen molar-refractivity contribution in [3.05, 3.63) is 24.0 Å². The highest BCUT2D eigenvalue weighted by Gasteiger charge is 2.06. The lowest BCUT2D eigenvalue weighted by Crippen LogP contribution is -2.38. The highest BCUT2D eigenvalue weighted by molar-refractivity contribution is 5.92. The van der Waals surface area contributed by atoms with Crippen LogP contribution in [-0.4, -0.2) is 22.1 Å². The zero-order valence-electron chi connectivity index (χ0n) is 8.80. The van der Waals surface area contributed by atoms with Gasteiger partial charge in [0, 0.05) is 18.9 Å². The number of primary amides is 1. The Morgan fingerprint density at radius 1 is 1.44 bits per heavy atom. The van der Waals surface area contributed by atoms with Gasteiger partial charge in [0.15, 0.2) is 12.7 Å². The molecule has 0 spiro atoms. The molecule has 0 bridgehead atoms. The van der Waals surface area contributed by atoms with E-state index in [4.69, 9.17) is 10.8 Å². The van der Waals surface area contributed by atoms with Crippen molar-refractivity contribution in [3.63, 3.8) is 0 Å². The smallest absolute Gasteiger partial charge is 0.303 e. The third-order valence-corrected chi connectivity index (χ3v) is 2.08. The number of aliphatic carboxylic acids is 1. The van der Waals surface area contributed by atoms with Crippen molar-refractivity contribution < 1.29 is 19.4 Å². The summed E-state index contributed by atoms with van der Waals surface area (Å²) in [6.07, 6.45) is 4.57. The van der Waals surface area contributed by atoms with E-state index in [-0.39, 0.29) is 6.42 Å². The molecule has 0 aliphatic carbocycles. The van der Waals surface area contributed by atoms with Crippen LogP contribution in [0, 0.1) is 0 Å². The molecular weight excluding hydrogens is 210 g/mol. The number of nitrogens with two attached hydrogens (primary N) is 1. The molecule has 0 aliphatic rings. The molecule has 0 aliphatic heterocycles. The van der Waals surface area contributed by atoms with Gasteiger partial charge in [0.05, 0.1) is 5.56 Å². The molecule has 0 saturated carbocycles. The molecular formula is C10H14N3O3+. The van der Waals surface area contributed by atoms with E-state index in [2.05, 4.69) is 5.10 Å². The van der Waals surface area contributed by atoms with Crippen molar-refractivity contribution in [3.8, 4) is 0 Å². The second kappa shape index (κ2) is 5.79. The summed E-state index contributed by atoms with van der Waals surface area (Å²) in [6.45, 7) is 0.631. The van der Waals surface area contributed by atoms with Gasteiger partial charge in [-0.05, 0) is 11.5 Å². The van der Waals surface area contributed by atoms with Crippen LogP contribution in [0.2, 0.25) is 0 Å². The first-order chi connectivity index (χ1) is 7.59. The lowest BCUT2D eigenvalue weighted by Gasteiger charge is -1.95. The number of carboxylic acid groups (broad SMARTS) is 1. The van der Waals surface area contributed by atoms with Crippen LogP contribution in [0.15, 0.2) is 18.5 Å². The lowest BCUT2D eigenvalue weighted by atomic mass is 10.2. The summed E-state index contributed by atoms with van der Waals surface area (Å²) >= 11 is 0. The fourth-order valence-corrected chi connectivity index (χ4v) is 1.21. The van der Waals surface area contributed by atoms with Crippen molar-refractivity contribution in [1.29, 1.82) is 0 Å². The lowest BCUT2D eigenvalue weighted by molar-refractivity contribution is -0.754. The quantitative estimate of drug-likeness (QED) is 0.513. The predicted octanol–water partition coefficient (Wildman–Crippen LogP) is -0.277. The Morgan fingerprint density at radius 2 is 2.19 bits per heavy atom. The monoisotopic (exact) mass is 224 g/mol. The number of carbonyl (C=O) groups is 2. The van der Waals surface area contributed by atoms with Crippen molar-refractivity contribution in [2.75, 3.05) is 0 Å². The summed E-state index contributed by atoms with van der Waals surface area (Å²) in [5.74, 6) is -1.30. The Bertz CT molecular complexity index is 375. The Balaban J connectivity index is 2.38. The Kier molecular flexibility index (Phi) is 4.38. The first kappa shape index (κ1) is 12.1. The third-order valence-electron chi connectivity index (χ3n) is 2.08. The molecule has 6 nitrogen and oxygen atoms in total.